The van der Waals surface area contributed by atoms with Crippen molar-refractivity contribution in [3.05, 3.63) is 65.7 Å². The molecule has 0 aliphatic rings. The van der Waals surface area contributed by atoms with Gasteiger partial charge in [0.15, 0.2) is 0 Å². The maximum absolute atomic E-state index is 11.7. The number of hydrogen-bond donors (Lipinski definition) is 3. The van der Waals surface area contributed by atoms with Gasteiger partial charge in [0.25, 0.3) is 0 Å². The Kier molecular flexibility index (Phi) is 7.11. The fourth-order valence-corrected chi connectivity index (χ4v) is 2.16. The number of carbonyl (C=O) groups is 1. The molecule has 0 saturated heterocycles. The molecule has 128 valence electrons. The molecule has 0 spiro atoms. The summed E-state index contributed by atoms with van der Waals surface area (Å²) in [6, 6.07) is 17.3. The van der Waals surface area contributed by atoms with Crippen LogP contribution in [0.2, 0.25) is 0 Å². The Hall–Kier alpha value is -2.53. The zero-order chi connectivity index (χ0) is 17.2. The van der Waals surface area contributed by atoms with Gasteiger partial charge in [-0.05, 0) is 25.0 Å². The van der Waals surface area contributed by atoms with Crippen molar-refractivity contribution in [1.82, 2.24) is 10.6 Å². The van der Waals surface area contributed by atoms with Crippen LogP contribution in [0.5, 0.6) is 5.75 Å². The Bertz CT molecular complexity index is 630. The Morgan fingerprint density at radius 1 is 1.08 bits per heavy atom. The zero-order valence-electron chi connectivity index (χ0n) is 13.9. The van der Waals surface area contributed by atoms with Crippen LogP contribution in [-0.2, 0) is 13.2 Å². The first-order valence-corrected chi connectivity index (χ1v) is 8.09. The van der Waals surface area contributed by atoms with Crippen LogP contribution in [0, 0.1) is 0 Å². The molecule has 0 saturated carbocycles. The van der Waals surface area contributed by atoms with E-state index in [1.807, 2.05) is 54.6 Å². The first-order chi connectivity index (χ1) is 11.6. The predicted octanol–water partition coefficient (Wildman–Crippen LogP) is 2.84. The maximum Gasteiger partial charge on any atom is 0.315 e. The lowest BCUT2D eigenvalue weighted by molar-refractivity contribution is 0.183. The lowest BCUT2D eigenvalue weighted by Gasteiger charge is -2.13. The Labute approximate surface area is 142 Å². The summed E-state index contributed by atoms with van der Waals surface area (Å²) in [7, 11) is 0. The minimum atomic E-state index is -0.419. The minimum Gasteiger partial charge on any atom is -0.489 e. The number of aliphatic hydroxyl groups is 1. The van der Waals surface area contributed by atoms with Gasteiger partial charge in [-0.3, -0.25) is 0 Å². The summed E-state index contributed by atoms with van der Waals surface area (Å²) < 4.78 is 5.86. The average Bonchev–Trinajstić information content (AvgIpc) is 2.59. The van der Waals surface area contributed by atoms with Crippen molar-refractivity contribution in [1.29, 1.82) is 0 Å². The van der Waals surface area contributed by atoms with E-state index in [0.29, 0.717) is 26.1 Å². The molecule has 5 heteroatoms. The molecule has 0 fully saturated rings. The van der Waals surface area contributed by atoms with Crippen molar-refractivity contribution in [2.24, 2.45) is 0 Å². The van der Waals surface area contributed by atoms with Crippen molar-refractivity contribution < 1.29 is 14.6 Å². The summed E-state index contributed by atoms with van der Waals surface area (Å²) >= 11 is 0. The van der Waals surface area contributed by atoms with E-state index in [4.69, 9.17) is 4.74 Å². The normalized spacial score (nSPS) is 11.6. The smallest absolute Gasteiger partial charge is 0.315 e. The van der Waals surface area contributed by atoms with E-state index in [-0.39, 0.29) is 6.03 Å². The molecular weight excluding hydrogens is 304 g/mol. The van der Waals surface area contributed by atoms with Crippen molar-refractivity contribution in [2.45, 2.75) is 32.6 Å². The number of para-hydroxylation sites is 1. The number of amides is 2. The number of carbonyl (C=O) groups excluding carboxylic acids is 1. The molecule has 1 atom stereocenters. The van der Waals surface area contributed by atoms with E-state index >= 15 is 0 Å². The van der Waals surface area contributed by atoms with Crippen LogP contribution < -0.4 is 15.4 Å². The highest BCUT2D eigenvalue weighted by Crippen LogP contribution is 2.19. The van der Waals surface area contributed by atoms with Crippen molar-refractivity contribution in [2.75, 3.05) is 6.54 Å². The quantitative estimate of drug-likeness (QED) is 0.698. The summed E-state index contributed by atoms with van der Waals surface area (Å²) in [6.07, 6.45) is 0.113. The van der Waals surface area contributed by atoms with Gasteiger partial charge in [0.2, 0.25) is 0 Å². The van der Waals surface area contributed by atoms with Crippen LogP contribution in [-0.4, -0.2) is 23.8 Å². The first-order valence-electron chi connectivity index (χ1n) is 8.09. The van der Waals surface area contributed by atoms with Gasteiger partial charge in [-0.25, -0.2) is 4.79 Å². The highest BCUT2D eigenvalue weighted by Gasteiger charge is 2.06. The van der Waals surface area contributed by atoms with Crippen molar-refractivity contribution >= 4 is 6.03 Å². The molecule has 2 rings (SSSR count). The molecule has 0 bridgehead atoms. The number of urea groups is 1. The summed E-state index contributed by atoms with van der Waals surface area (Å²) in [6.45, 7) is 3.00. The topological polar surface area (TPSA) is 70.6 Å². The number of nitrogens with one attached hydrogen (secondary N) is 2. The van der Waals surface area contributed by atoms with Crippen molar-refractivity contribution in [3.8, 4) is 5.75 Å². The Morgan fingerprint density at radius 2 is 1.79 bits per heavy atom. The summed E-state index contributed by atoms with van der Waals surface area (Å²) in [5.41, 5.74) is 2.01. The van der Waals surface area contributed by atoms with E-state index in [1.165, 1.54) is 0 Å². The SMILES string of the molecule is CC(O)CCNC(=O)NCc1ccccc1OCc1ccccc1. The van der Waals surface area contributed by atoms with Gasteiger partial charge >= 0.3 is 6.03 Å². The second-order valence-electron chi connectivity index (χ2n) is 5.63. The van der Waals surface area contributed by atoms with Crippen LogP contribution >= 0.6 is 0 Å². The average molecular weight is 328 g/mol. The van der Waals surface area contributed by atoms with E-state index in [0.717, 1.165) is 16.9 Å². The lowest BCUT2D eigenvalue weighted by atomic mass is 10.2. The summed E-state index contributed by atoms with van der Waals surface area (Å²) in [4.78, 5) is 11.7. The number of hydrogen-bond acceptors (Lipinski definition) is 3. The van der Waals surface area contributed by atoms with E-state index in [2.05, 4.69) is 10.6 Å². The largest absolute Gasteiger partial charge is 0.489 e. The van der Waals surface area contributed by atoms with Crippen LogP contribution in [0.25, 0.3) is 0 Å². The molecule has 3 N–H and O–H groups in total. The lowest BCUT2D eigenvalue weighted by Crippen LogP contribution is -2.36. The molecule has 0 heterocycles. The molecule has 2 aromatic rings. The number of benzene rings is 2. The first kappa shape index (κ1) is 17.8. The van der Waals surface area contributed by atoms with Gasteiger partial charge < -0.3 is 20.5 Å². The third-order valence-electron chi connectivity index (χ3n) is 3.50. The predicted molar refractivity (Wildman–Crippen MR) is 93.8 cm³/mol. The molecule has 2 amide bonds. The fraction of sp³-hybridized carbons (Fsp3) is 0.316. The maximum atomic E-state index is 11.7. The summed E-state index contributed by atoms with van der Waals surface area (Å²) in [5, 5.41) is 14.7. The molecule has 24 heavy (non-hydrogen) atoms. The Balaban J connectivity index is 1.83. The molecule has 0 radical (unpaired) electrons. The monoisotopic (exact) mass is 328 g/mol. The van der Waals surface area contributed by atoms with Crippen LogP contribution in [0.1, 0.15) is 24.5 Å². The number of aliphatic hydroxyl groups excluding tert-OH is 1. The van der Waals surface area contributed by atoms with Gasteiger partial charge in [-0.1, -0.05) is 48.5 Å². The minimum absolute atomic E-state index is 0.256. The van der Waals surface area contributed by atoms with E-state index in [1.54, 1.807) is 6.92 Å². The highest BCUT2D eigenvalue weighted by molar-refractivity contribution is 5.73. The van der Waals surface area contributed by atoms with E-state index in [9.17, 15) is 9.90 Å². The molecular formula is C19H24N2O3. The van der Waals surface area contributed by atoms with Gasteiger partial charge in [-0.15, -0.1) is 0 Å². The number of rotatable bonds is 8. The highest BCUT2D eigenvalue weighted by atomic mass is 16.5. The second kappa shape index (κ2) is 9.57. The fourth-order valence-electron chi connectivity index (χ4n) is 2.16. The van der Waals surface area contributed by atoms with Crippen LogP contribution in [0.4, 0.5) is 4.79 Å². The summed E-state index contributed by atoms with van der Waals surface area (Å²) in [5.74, 6) is 0.755. The molecule has 0 aliphatic carbocycles. The van der Waals surface area contributed by atoms with Crippen molar-refractivity contribution in [3.63, 3.8) is 0 Å². The molecule has 2 aromatic carbocycles. The van der Waals surface area contributed by atoms with Gasteiger partial charge in [-0.2, -0.15) is 0 Å². The second-order valence-corrected chi connectivity index (χ2v) is 5.63. The van der Waals surface area contributed by atoms with Crippen LogP contribution in [0.3, 0.4) is 0 Å². The van der Waals surface area contributed by atoms with Gasteiger partial charge in [0.05, 0.1) is 6.10 Å². The van der Waals surface area contributed by atoms with Crippen LogP contribution in [0.15, 0.2) is 54.6 Å². The zero-order valence-corrected chi connectivity index (χ0v) is 13.9. The molecule has 5 nitrogen and oxygen atoms in total. The Morgan fingerprint density at radius 3 is 2.54 bits per heavy atom. The molecule has 0 aromatic heterocycles. The standard InChI is InChI=1S/C19H24N2O3/c1-15(22)11-12-20-19(23)21-13-17-9-5-6-10-18(17)24-14-16-7-3-2-4-8-16/h2-10,15,22H,11-14H2,1H3,(H2,20,21,23). The third-order valence-corrected chi connectivity index (χ3v) is 3.50. The number of ether oxygens (including phenoxy) is 1. The van der Waals surface area contributed by atoms with E-state index < -0.39 is 6.10 Å². The molecule has 0 aliphatic heterocycles. The molecule has 1 unspecified atom stereocenters. The third kappa shape index (κ3) is 6.30. The van der Waals surface area contributed by atoms with Gasteiger partial charge in [0.1, 0.15) is 12.4 Å². The van der Waals surface area contributed by atoms with Gasteiger partial charge in [0, 0.05) is 18.7 Å².